The molecule has 2 aromatic heterocycles. The van der Waals surface area contributed by atoms with Crippen molar-refractivity contribution in [3.05, 3.63) is 77.7 Å². The maximum atomic E-state index is 13.1. The Bertz CT molecular complexity index is 1380. The second-order valence-corrected chi connectivity index (χ2v) is 8.80. The highest BCUT2D eigenvalue weighted by molar-refractivity contribution is 7.92. The van der Waals surface area contributed by atoms with E-state index >= 15 is 0 Å². The van der Waals surface area contributed by atoms with Gasteiger partial charge in [0.25, 0.3) is 10.0 Å². The molecule has 2 aromatic carbocycles. The first-order chi connectivity index (χ1) is 15.9. The van der Waals surface area contributed by atoms with Crippen molar-refractivity contribution in [3.63, 3.8) is 0 Å². The summed E-state index contributed by atoms with van der Waals surface area (Å²) < 4.78 is 39.8. The molecule has 2 heterocycles. The molecule has 0 radical (unpaired) electrons. The number of hydrogen-bond donors (Lipinski definition) is 1. The Morgan fingerprint density at radius 3 is 2.21 bits per heavy atom. The largest absolute Gasteiger partial charge is 0.493 e. The topological polar surface area (TPSA) is 116 Å². The molecular weight excluding hydrogens is 466 g/mol. The van der Waals surface area contributed by atoms with E-state index in [2.05, 4.69) is 24.7 Å². The van der Waals surface area contributed by atoms with Crippen LogP contribution in [0.1, 0.15) is 5.56 Å². The number of ether oxygens (including phenoxy) is 2. The van der Waals surface area contributed by atoms with Crippen LogP contribution in [0.5, 0.6) is 17.2 Å². The fourth-order valence-electron chi connectivity index (χ4n) is 2.81. The van der Waals surface area contributed by atoms with Gasteiger partial charge < -0.3 is 9.47 Å². The molecular formula is C22H18ClN5O4S. The standard InChI is InChI=1S/C22H18ClN5O4S/c1-14-8-10-15(11-9-14)33(29,30)28-20-18(32-17-7-4-3-6-16(17)31-2)19(23)26-22(27-20)21-24-12-5-13-25-21/h3-13H,1-2H3,(H,26,27,28). The molecule has 0 saturated heterocycles. The first kappa shape index (κ1) is 22.4. The van der Waals surface area contributed by atoms with Gasteiger partial charge in [0.05, 0.1) is 12.0 Å². The van der Waals surface area contributed by atoms with E-state index in [-0.39, 0.29) is 33.3 Å². The molecule has 33 heavy (non-hydrogen) atoms. The lowest BCUT2D eigenvalue weighted by molar-refractivity contribution is 0.378. The number of para-hydroxylation sites is 2. The Hall–Kier alpha value is -3.76. The summed E-state index contributed by atoms with van der Waals surface area (Å²) in [6, 6.07) is 14.8. The molecule has 0 fully saturated rings. The van der Waals surface area contributed by atoms with Gasteiger partial charge in [-0.05, 0) is 37.3 Å². The van der Waals surface area contributed by atoms with Crippen LogP contribution in [0.4, 0.5) is 5.82 Å². The van der Waals surface area contributed by atoms with Crippen LogP contribution in [0.15, 0.2) is 71.9 Å². The predicted molar refractivity (Wildman–Crippen MR) is 123 cm³/mol. The average Bonchev–Trinajstić information content (AvgIpc) is 2.82. The van der Waals surface area contributed by atoms with Crippen LogP contribution < -0.4 is 14.2 Å². The zero-order valence-corrected chi connectivity index (χ0v) is 19.1. The van der Waals surface area contributed by atoms with Gasteiger partial charge in [0, 0.05) is 12.4 Å². The zero-order chi connectivity index (χ0) is 23.4. The molecule has 0 aliphatic rings. The first-order valence-electron chi connectivity index (χ1n) is 9.62. The summed E-state index contributed by atoms with van der Waals surface area (Å²) in [5.41, 5.74) is 0.919. The van der Waals surface area contributed by atoms with Crippen LogP contribution in [0.2, 0.25) is 5.15 Å². The van der Waals surface area contributed by atoms with Crippen LogP contribution in [-0.4, -0.2) is 35.5 Å². The second kappa shape index (κ2) is 9.39. The van der Waals surface area contributed by atoms with E-state index in [0.29, 0.717) is 11.5 Å². The summed E-state index contributed by atoms with van der Waals surface area (Å²) in [7, 11) is -2.54. The van der Waals surface area contributed by atoms with Gasteiger partial charge in [0.1, 0.15) is 0 Å². The molecule has 0 spiro atoms. The lowest BCUT2D eigenvalue weighted by Gasteiger charge is -2.16. The molecule has 11 heteroatoms. The number of methoxy groups -OCH3 is 1. The number of rotatable bonds is 7. The maximum Gasteiger partial charge on any atom is 0.263 e. The van der Waals surface area contributed by atoms with Gasteiger partial charge in [-0.2, -0.15) is 0 Å². The summed E-state index contributed by atoms with van der Waals surface area (Å²) >= 11 is 6.42. The van der Waals surface area contributed by atoms with Crippen LogP contribution in [-0.2, 0) is 10.0 Å². The number of halogens is 1. The minimum atomic E-state index is -4.03. The molecule has 0 aliphatic heterocycles. The van der Waals surface area contributed by atoms with Crippen molar-refractivity contribution in [1.29, 1.82) is 0 Å². The summed E-state index contributed by atoms with van der Waals surface area (Å²) in [4.78, 5) is 16.8. The third-order valence-corrected chi connectivity index (χ3v) is 6.04. The molecule has 168 valence electrons. The Morgan fingerprint density at radius 2 is 1.55 bits per heavy atom. The Balaban J connectivity index is 1.82. The number of aromatic nitrogens is 4. The third kappa shape index (κ3) is 5.02. The number of aryl methyl sites for hydroxylation is 1. The summed E-state index contributed by atoms with van der Waals surface area (Å²) in [5, 5.41) is -0.139. The fraction of sp³-hybridized carbons (Fsp3) is 0.0909. The Kier molecular flexibility index (Phi) is 6.38. The Morgan fingerprint density at radius 1 is 0.879 bits per heavy atom. The highest BCUT2D eigenvalue weighted by Crippen LogP contribution is 2.39. The van der Waals surface area contributed by atoms with E-state index in [1.165, 1.54) is 31.6 Å². The minimum Gasteiger partial charge on any atom is -0.493 e. The zero-order valence-electron chi connectivity index (χ0n) is 17.6. The van der Waals surface area contributed by atoms with Gasteiger partial charge in [-0.3, -0.25) is 4.72 Å². The monoisotopic (exact) mass is 483 g/mol. The molecule has 0 atom stereocenters. The lowest BCUT2D eigenvalue weighted by atomic mass is 10.2. The van der Waals surface area contributed by atoms with Crippen molar-refractivity contribution in [3.8, 4) is 28.9 Å². The van der Waals surface area contributed by atoms with E-state index in [4.69, 9.17) is 21.1 Å². The van der Waals surface area contributed by atoms with Crippen LogP contribution >= 0.6 is 11.6 Å². The van der Waals surface area contributed by atoms with Crippen molar-refractivity contribution < 1.29 is 17.9 Å². The van der Waals surface area contributed by atoms with Crippen molar-refractivity contribution in [2.45, 2.75) is 11.8 Å². The number of sulfonamides is 1. The summed E-state index contributed by atoms with van der Waals surface area (Å²) in [6.07, 6.45) is 3.02. The number of nitrogens with zero attached hydrogens (tertiary/aromatic N) is 4. The molecule has 0 amide bonds. The first-order valence-corrected chi connectivity index (χ1v) is 11.5. The van der Waals surface area contributed by atoms with E-state index in [1.807, 2.05) is 6.92 Å². The maximum absolute atomic E-state index is 13.1. The normalized spacial score (nSPS) is 11.1. The predicted octanol–water partition coefficient (Wildman–Crippen LogP) is 4.50. The molecule has 0 unspecified atom stereocenters. The minimum absolute atomic E-state index is 0.0228. The van der Waals surface area contributed by atoms with E-state index < -0.39 is 10.0 Å². The van der Waals surface area contributed by atoms with Crippen molar-refractivity contribution in [1.82, 2.24) is 19.9 Å². The highest BCUT2D eigenvalue weighted by atomic mass is 35.5. The van der Waals surface area contributed by atoms with Gasteiger partial charge in [-0.15, -0.1) is 0 Å². The quantitative estimate of drug-likeness (QED) is 0.382. The Labute approximate surface area is 195 Å². The molecule has 4 rings (SSSR count). The van der Waals surface area contributed by atoms with Crippen molar-refractivity contribution in [2.75, 3.05) is 11.8 Å². The molecule has 4 aromatic rings. The number of hydrogen-bond acceptors (Lipinski definition) is 8. The van der Waals surface area contributed by atoms with Gasteiger partial charge in [0.2, 0.25) is 11.6 Å². The number of benzene rings is 2. The van der Waals surface area contributed by atoms with Gasteiger partial charge in [-0.25, -0.2) is 28.4 Å². The van der Waals surface area contributed by atoms with Crippen LogP contribution in [0, 0.1) is 6.92 Å². The highest BCUT2D eigenvalue weighted by Gasteiger charge is 2.24. The second-order valence-electron chi connectivity index (χ2n) is 6.76. The van der Waals surface area contributed by atoms with Crippen molar-refractivity contribution in [2.24, 2.45) is 0 Å². The van der Waals surface area contributed by atoms with Crippen LogP contribution in [0.3, 0.4) is 0 Å². The third-order valence-electron chi connectivity index (χ3n) is 4.43. The van der Waals surface area contributed by atoms with Gasteiger partial charge in [0.15, 0.2) is 28.3 Å². The van der Waals surface area contributed by atoms with Crippen LogP contribution in [0.25, 0.3) is 11.6 Å². The van der Waals surface area contributed by atoms with Gasteiger partial charge >= 0.3 is 0 Å². The summed E-state index contributed by atoms with van der Waals surface area (Å²) in [6.45, 7) is 1.86. The molecule has 0 aliphatic carbocycles. The summed E-state index contributed by atoms with van der Waals surface area (Å²) in [5.74, 6) is 0.621. The molecule has 1 N–H and O–H groups in total. The molecule has 0 bridgehead atoms. The van der Waals surface area contributed by atoms with E-state index in [1.54, 1.807) is 42.5 Å². The number of anilines is 1. The SMILES string of the molecule is COc1ccccc1Oc1c(Cl)nc(-c2ncccn2)nc1NS(=O)(=O)c1ccc(C)cc1. The smallest absolute Gasteiger partial charge is 0.263 e. The fourth-order valence-corrected chi connectivity index (χ4v) is 4.03. The number of nitrogens with one attached hydrogen (secondary N) is 1. The van der Waals surface area contributed by atoms with Gasteiger partial charge in [-0.1, -0.05) is 41.4 Å². The average molecular weight is 484 g/mol. The molecule has 9 nitrogen and oxygen atoms in total. The lowest BCUT2D eigenvalue weighted by Crippen LogP contribution is -2.15. The van der Waals surface area contributed by atoms with Crippen molar-refractivity contribution >= 4 is 27.4 Å². The van der Waals surface area contributed by atoms with E-state index in [0.717, 1.165) is 5.56 Å². The molecule has 0 saturated carbocycles. The van der Waals surface area contributed by atoms with E-state index in [9.17, 15) is 8.42 Å².